The van der Waals surface area contributed by atoms with E-state index >= 15 is 0 Å². The van der Waals surface area contributed by atoms with Crippen molar-refractivity contribution < 1.29 is 19.0 Å². The topological polar surface area (TPSA) is 60.0 Å². The summed E-state index contributed by atoms with van der Waals surface area (Å²) in [4.78, 5) is 14.5. The third-order valence-corrected chi connectivity index (χ3v) is 4.85. The number of rotatable bonds is 7. The van der Waals surface area contributed by atoms with Crippen molar-refractivity contribution >= 4 is 5.91 Å². The van der Waals surface area contributed by atoms with E-state index in [1.165, 1.54) is 5.56 Å². The van der Waals surface area contributed by atoms with Crippen molar-refractivity contribution in [1.82, 2.24) is 10.2 Å². The Labute approximate surface area is 160 Å². The first-order valence-electron chi connectivity index (χ1n) is 9.00. The number of fused-ring (bicyclic) bond motifs is 1. The van der Waals surface area contributed by atoms with Crippen molar-refractivity contribution in [3.8, 4) is 17.2 Å². The van der Waals surface area contributed by atoms with Crippen LogP contribution in [0.1, 0.15) is 16.7 Å². The van der Waals surface area contributed by atoms with Gasteiger partial charge in [0.1, 0.15) is 5.75 Å². The lowest BCUT2D eigenvalue weighted by atomic mass is 9.98. The zero-order valence-electron chi connectivity index (χ0n) is 16.1. The van der Waals surface area contributed by atoms with Crippen LogP contribution in [0.25, 0.3) is 0 Å². The van der Waals surface area contributed by atoms with Crippen LogP contribution >= 0.6 is 0 Å². The summed E-state index contributed by atoms with van der Waals surface area (Å²) in [5.74, 6) is 2.34. The smallest absolute Gasteiger partial charge is 0.236 e. The number of carbonyl (C=O) groups is 1. The van der Waals surface area contributed by atoms with Crippen LogP contribution < -0.4 is 19.5 Å². The van der Waals surface area contributed by atoms with Gasteiger partial charge in [0.2, 0.25) is 5.91 Å². The molecule has 1 heterocycles. The molecule has 0 aromatic heterocycles. The second-order valence-electron chi connectivity index (χ2n) is 6.46. The normalized spacial score (nSPS) is 13.1. The predicted octanol–water partition coefficient (Wildman–Crippen LogP) is 2.39. The number of ether oxygens (including phenoxy) is 3. The molecule has 0 saturated carbocycles. The van der Waals surface area contributed by atoms with E-state index in [4.69, 9.17) is 14.2 Å². The van der Waals surface area contributed by atoms with Crippen molar-refractivity contribution in [2.24, 2.45) is 0 Å². The molecule has 0 saturated heterocycles. The summed E-state index contributed by atoms with van der Waals surface area (Å²) in [6, 6.07) is 11.8. The molecule has 6 nitrogen and oxygen atoms in total. The fourth-order valence-electron chi connectivity index (χ4n) is 3.36. The molecule has 0 unspecified atom stereocenters. The van der Waals surface area contributed by atoms with Crippen LogP contribution in [0.15, 0.2) is 36.4 Å². The Hall–Kier alpha value is -2.73. The summed E-state index contributed by atoms with van der Waals surface area (Å²) in [7, 11) is 4.91. The molecule has 6 heteroatoms. The van der Waals surface area contributed by atoms with Gasteiger partial charge >= 0.3 is 0 Å². The molecule has 3 rings (SSSR count). The van der Waals surface area contributed by atoms with Gasteiger partial charge in [0.25, 0.3) is 0 Å². The average Bonchev–Trinajstić information content (AvgIpc) is 2.72. The number of carbonyl (C=O) groups excluding carboxylic acids is 1. The standard InChI is InChI=1S/C21H26N2O4/c1-25-18-7-5-4-6-16(18)12-22-13-21(24)23-9-8-15-10-19(26-2)20(27-3)11-17(15)14-23/h4-7,10-11,22H,8-9,12-14H2,1-3H3. The second kappa shape index (κ2) is 8.77. The summed E-state index contributed by atoms with van der Waals surface area (Å²) in [6.07, 6.45) is 0.813. The van der Waals surface area contributed by atoms with Gasteiger partial charge in [-0.3, -0.25) is 4.79 Å². The Bertz CT molecular complexity index is 807. The molecule has 0 atom stereocenters. The first-order chi connectivity index (χ1) is 13.2. The monoisotopic (exact) mass is 370 g/mol. The van der Waals surface area contributed by atoms with Crippen LogP contribution in [0, 0.1) is 0 Å². The average molecular weight is 370 g/mol. The summed E-state index contributed by atoms with van der Waals surface area (Å²) >= 11 is 0. The molecule has 2 aromatic carbocycles. The first kappa shape index (κ1) is 19.0. The molecule has 1 aliphatic heterocycles. The fourth-order valence-corrected chi connectivity index (χ4v) is 3.36. The van der Waals surface area contributed by atoms with Crippen molar-refractivity contribution in [2.75, 3.05) is 34.4 Å². The first-order valence-corrected chi connectivity index (χ1v) is 9.00. The van der Waals surface area contributed by atoms with Crippen LogP contribution in [-0.4, -0.2) is 45.2 Å². The third-order valence-electron chi connectivity index (χ3n) is 4.85. The van der Waals surface area contributed by atoms with Crippen LogP contribution in [0.2, 0.25) is 0 Å². The van der Waals surface area contributed by atoms with Crippen molar-refractivity contribution in [3.63, 3.8) is 0 Å². The quantitative estimate of drug-likeness (QED) is 0.811. The van der Waals surface area contributed by atoms with Gasteiger partial charge in [0.05, 0.1) is 27.9 Å². The van der Waals surface area contributed by atoms with E-state index in [1.54, 1.807) is 21.3 Å². The lowest BCUT2D eigenvalue weighted by Crippen LogP contribution is -2.41. The SMILES string of the molecule is COc1ccccc1CNCC(=O)N1CCc2cc(OC)c(OC)cc2C1. The van der Waals surface area contributed by atoms with Gasteiger partial charge in [-0.05, 0) is 35.7 Å². The van der Waals surface area contributed by atoms with Gasteiger partial charge in [-0.1, -0.05) is 18.2 Å². The molecule has 0 aliphatic carbocycles. The van der Waals surface area contributed by atoms with Crippen molar-refractivity contribution in [2.45, 2.75) is 19.5 Å². The number of nitrogens with zero attached hydrogens (tertiary/aromatic N) is 1. The van der Waals surface area contributed by atoms with Gasteiger partial charge in [-0.25, -0.2) is 0 Å². The Morgan fingerprint density at radius 1 is 1.00 bits per heavy atom. The van der Waals surface area contributed by atoms with E-state index in [0.717, 1.165) is 29.0 Å². The van der Waals surface area contributed by atoms with Crippen LogP contribution in [0.3, 0.4) is 0 Å². The third kappa shape index (κ3) is 4.34. The van der Waals surface area contributed by atoms with E-state index in [-0.39, 0.29) is 5.91 Å². The minimum absolute atomic E-state index is 0.0883. The van der Waals surface area contributed by atoms with E-state index in [9.17, 15) is 4.79 Å². The fraction of sp³-hybridized carbons (Fsp3) is 0.381. The minimum Gasteiger partial charge on any atom is -0.496 e. The number of para-hydroxylation sites is 1. The lowest BCUT2D eigenvalue weighted by molar-refractivity contribution is -0.131. The van der Waals surface area contributed by atoms with E-state index in [2.05, 4.69) is 5.32 Å². The molecule has 1 N–H and O–H groups in total. The Kier molecular flexibility index (Phi) is 6.19. The van der Waals surface area contributed by atoms with Gasteiger partial charge in [0, 0.05) is 25.2 Å². The lowest BCUT2D eigenvalue weighted by Gasteiger charge is -2.29. The summed E-state index contributed by atoms with van der Waals surface area (Å²) in [6.45, 7) is 2.17. The molecule has 1 aliphatic rings. The molecular formula is C21H26N2O4. The molecule has 1 amide bonds. The van der Waals surface area contributed by atoms with Crippen LogP contribution in [0.4, 0.5) is 0 Å². The highest BCUT2D eigenvalue weighted by molar-refractivity contribution is 5.78. The van der Waals surface area contributed by atoms with Crippen molar-refractivity contribution in [3.05, 3.63) is 53.1 Å². The number of benzene rings is 2. The van der Waals surface area contributed by atoms with Crippen LogP contribution in [0.5, 0.6) is 17.2 Å². The number of methoxy groups -OCH3 is 3. The molecule has 27 heavy (non-hydrogen) atoms. The highest BCUT2D eigenvalue weighted by atomic mass is 16.5. The van der Waals surface area contributed by atoms with E-state index in [0.29, 0.717) is 31.9 Å². The maximum Gasteiger partial charge on any atom is 0.236 e. The largest absolute Gasteiger partial charge is 0.496 e. The van der Waals surface area contributed by atoms with Gasteiger partial charge in [-0.15, -0.1) is 0 Å². The Balaban J connectivity index is 1.59. The maximum absolute atomic E-state index is 12.6. The summed E-state index contributed by atoms with van der Waals surface area (Å²) in [5.41, 5.74) is 3.35. The van der Waals surface area contributed by atoms with Crippen LogP contribution in [-0.2, 0) is 24.3 Å². The van der Waals surface area contributed by atoms with Crippen molar-refractivity contribution in [1.29, 1.82) is 0 Å². The second-order valence-corrected chi connectivity index (χ2v) is 6.46. The molecule has 2 aromatic rings. The highest BCUT2D eigenvalue weighted by Crippen LogP contribution is 2.33. The van der Waals surface area contributed by atoms with Gasteiger partial charge in [-0.2, -0.15) is 0 Å². The molecule has 144 valence electrons. The number of amides is 1. The number of hydrogen-bond donors (Lipinski definition) is 1. The van der Waals surface area contributed by atoms with Gasteiger partial charge < -0.3 is 24.4 Å². The summed E-state index contributed by atoms with van der Waals surface area (Å²) < 4.78 is 16.1. The number of nitrogens with one attached hydrogen (secondary N) is 1. The molecule has 0 bridgehead atoms. The summed E-state index contributed by atoms with van der Waals surface area (Å²) in [5, 5.41) is 3.22. The minimum atomic E-state index is 0.0883. The highest BCUT2D eigenvalue weighted by Gasteiger charge is 2.22. The number of hydrogen-bond acceptors (Lipinski definition) is 5. The van der Waals surface area contributed by atoms with E-state index < -0.39 is 0 Å². The zero-order valence-corrected chi connectivity index (χ0v) is 16.1. The molecule has 0 fully saturated rings. The molecular weight excluding hydrogens is 344 g/mol. The Morgan fingerprint density at radius 3 is 2.37 bits per heavy atom. The maximum atomic E-state index is 12.6. The van der Waals surface area contributed by atoms with Gasteiger partial charge in [0.15, 0.2) is 11.5 Å². The Morgan fingerprint density at radius 2 is 1.67 bits per heavy atom. The molecule has 0 spiro atoms. The van der Waals surface area contributed by atoms with E-state index in [1.807, 2.05) is 41.3 Å². The molecule has 0 radical (unpaired) electrons. The zero-order chi connectivity index (χ0) is 19.2. The predicted molar refractivity (Wildman–Crippen MR) is 103 cm³/mol.